The second kappa shape index (κ2) is 6.61. The Balaban J connectivity index is 2.73. The van der Waals surface area contributed by atoms with Crippen LogP contribution in [0, 0.1) is 5.41 Å². The highest BCUT2D eigenvalue weighted by atomic mass is 16.5. The quantitative estimate of drug-likeness (QED) is 0.865. The molecule has 1 aromatic carbocycles. The monoisotopic (exact) mass is 281 g/mol. The number of nitrogens with one attached hydrogen (secondary N) is 1. The topological polar surface area (TPSA) is 67.8 Å². The molecule has 0 unspecified atom stereocenters. The molecule has 0 aliphatic carbocycles. The van der Waals surface area contributed by atoms with Crippen LogP contribution in [0.25, 0.3) is 0 Å². The van der Waals surface area contributed by atoms with Crippen LogP contribution in [-0.2, 0) is 4.79 Å². The second-order valence-corrected chi connectivity index (χ2v) is 5.59. The zero-order valence-corrected chi connectivity index (χ0v) is 12.7. The van der Waals surface area contributed by atoms with Crippen LogP contribution in [0.1, 0.15) is 32.4 Å². The van der Waals surface area contributed by atoms with Crippen LogP contribution in [0.5, 0.6) is 11.5 Å². The summed E-state index contributed by atoms with van der Waals surface area (Å²) in [5.41, 5.74) is 0.189. The molecule has 0 bridgehead atoms. The normalized spacial score (nSPS) is 12.7. The van der Waals surface area contributed by atoms with Crippen LogP contribution in [0.3, 0.4) is 0 Å². The average molecular weight is 281 g/mol. The van der Waals surface area contributed by atoms with Gasteiger partial charge in [-0.2, -0.15) is 0 Å². The van der Waals surface area contributed by atoms with Crippen molar-refractivity contribution in [3.8, 4) is 11.5 Å². The standard InChI is InChI=1S/C15H23NO4/c1-15(2,3)14(18)16-9-11(17)10-6-7-12(19-4)13(8-10)20-5/h6-8,11,17H,9H2,1-5H3,(H,16,18)/t11-/m0/s1. The summed E-state index contributed by atoms with van der Waals surface area (Å²) in [6, 6.07) is 5.17. The molecule has 1 atom stereocenters. The lowest BCUT2D eigenvalue weighted by atomic mass is 9.95. The third-order valence-corrected chi connectivity index (χ3v) is 2.93. The molecule has 1 amide bonds. The van der Waals surface area contributed by atoms with Crippen molar-refractivity contribution < 1.29 is 19.4 Å². The summed E-state index contributed by atoms with van der Waals surface area (Å²) in [7, 11) is 3.09. The van der Waals surface area contributed by atoms with Crippen molar-refractivity contribution in [2.24, 2.45) is 5.41 Å². The van der Waals surface area contributed by atoms with Gasteiger partial charge in [0.1, 0.15) is 0 Å². The number of aliphatic hydroxyl groups is 1. The molecule has 0 aromatic heterocycles. The third kappa shape index (κ3) is 4.13. The van der Waals surface area contributed by atoms with Gasteiger partial charge in [-0.1, -0.05) is 26.8 Å². The minimum Gasteiger partial charge on any atom is -0.493 e. The van der Waals surface area contributed by atoms with Crippen molar-refractivity contribution in [3.05, 3.63) is 23.8 Å². The molecule has 2 N–H and O–H groups in total. The van der Waals surface area contributed by atoms with E-state index in [-0.39, 0.29) is 12.5 Å². The van der Waals surface area contributed by atoms with Crippen molar-refractivity contribution in [1.82, 2.24) is 5.32 Å². The number of aliphatic hydroxyl groups excluding tert-OH is 1. The minimum absolute atomic E-state index is 0.1000. The van der Waals surface area contributed by atoms with Crippen molar-refractivity contribution in [1.29, 1.82) is 0 Å². The van der Waals surface area contributed by atoms with E-state index in [0.717, 1.165) is 0 Å². The number of carbonyl (C=O) groups excluding carboxylic acids is 1. The highest BCUT2D eigenvalue weighted by molar-refractivity contribution is 5.81. The minimum atomic E-state index is -0.791. The maximum atomic E-state index is 11.8. The number of methoxy groups -OCH3 is 2. The van der Waals surface area contributed by atoms with E-state index in [1.165, 1.54) is 7.11 Å². The SMILES string of the molecule is COc1ccc([C@@H](O)CNC(=O)C(C)(C)C)cc1OC. The summed E-state index contributed by atoms with van der Waals surface area (Å²) >= 11 is 0. The highest BCUT2D eigenvalue weighted by Crippen LogP contribution is 2.29. The first-order chi connectivity index (χ1) is 9.29. The zero-order valence-electron chi connectivity index (χ0n) is 12.7. The number of benzene rings is 1. The predicted molar refractivity (Wildman–Crippen MR) is 77.0 cm³/mol. The number of carbonyl (C=O) groups is 1. The molecule has 0 aliphatic rings. The van der Waals surface area contributed by atoms with Gasteiger partial charge in [-0.05, 0) is 17.7 Å². The maximum Gasteiger partial charge on any atom is 0.225 e. The lowest BCUT2D eigenvalue weighted by Gasteiger charge is -2.20. The largest absolute Gasteiger partial charge is 0.493 e. The van der Waals surface area contributed by atoms with Crippen molar-refractivity contribution in [2.75, 3.05) is 20.8 Å². The molecule has 1 aromatic rings. The van der Waals surface area contributed by atoms with E-state index in [2.05, 4.69) is 5.32 Å². The first-order valence-electron chi connectivity index (χ1n) is 6.48. The molecule has 5 heteroatoms. The number of ether oxygens (including phenoxy) is 2. The lowest BCUT2D eigenvalue weighted by Crippen LogP contribution is -2.37. The van der Waals surface area contributed by atoms with Gasteiger partial charge in [0.2, 0.25) is 5.91 Å². The summed E-state index contributed by atoms with van der Waals surface area (Å²) in [5, 5.41) is 12.8. The van der Waals surface area contributed by atoms with E-state index in [1.54, 1.807) is 25.3 Å². The zero-order chi connectivity index (χ0) is 15.3. The summed E-state index contributed by atoms with van der Waals surface area (Å²) in [4.78, 5) is 11.8. The summed E-state index contributed by atoms with van der Waals surface area (Å²) < 4.78 is 10.3. The highest BCUT2D eigenvalue weighted by Gasteiger charge is 2.22. The fraction of sp³-hybridized carbons (Fsp3) is 0.533. The Morgan fingerprint density at radius 1 is 1.25 bits per heavy atom. The van der Waals surface area contributed by atoms with E-state index >= 15 is 0 Å². The molecule has 0 saturated heterocycles. The molecule has 0 aliphatic heterocycles. The molecule has 0 spiro atoms. The first-order valence-corrected chi connectivity index (χ1v) is 6.48. The lowest BCUT2D eigenvalue weighted by molar-refractivity contribution is -0.128. The van der Waals surface area contributed by atoms with Crippen molar-refractivity contribution in [2.45, 2.75) is 26.9 Å². The Hall–Kier alpha value is -1.75. The van der Waals surface area contributed by atoms with Gasteiger partial charge in [0.25, 0.3) is 0 Å². The van der Waals surface area contributed by atoms with E-state index in [1.807, 2.05) is 20.8 Å². The van der Waals surface area contributed by atoms with Crippen LogP contribution in [-0.4, -0.2) is 31.8 Å². The molecule has 1 rings (SSSR count). The van der Waals surface area contributed by atoms with Gasteiger partial charge in [0.05, 0.1) is 20.3 Å². The molecule has 20 heavy (non-hydrogen) atoms. The van der Waals surface area contributed by atoms with E-state index in [9.17, 15) is 9.90 Å². The van der Waals surface area contributed by atoms with Crippen LogP contribution < -0.4 is 14.8 Å². The van der Waals surface area contributed by atoms with Gasteiger partial charge in [0, 0.05) is 12.0 Å². The van der Waals surface area contributed by atoms with Crippen LogP contribution in [0.4, 0.5) is 0 Å². The predicted octanol–water partition coefficient (Wildman–Crippen LogP) is 1.90. The Bertz CT molecular complexity index is 465. The van der Waals surface area contributed by atoms with Gasteiger partial charge >= 0.3 is 0 Å². The van der Waals surface area contributed by atoms with Crippen LogP contribution in [0.15, 0.2) is 18.2 Å². The first kappa shape index (κ1) is 16.3. The molecule has 0 fully saturated rings. The summed E-state index contributed by atoms with van der Waals surface area (Å²) in [6.45, 7) is 5.63. The number of hydrogen-bond donors (Lipinski definition) is 2. The average Bonchev–Trinajstić information content (AvgIpc) is 2.42. The Labute approximate surface area is 119 Å². The summed E-state index contributed by atoms with van der Waals surface area (Å²) in [5.74, 6) is 1.05. The maximum absolute atomic E-state index is 11.8. The van der Waals surface area contributed by atoms with Crippen LogP contribution >= 0.6 is 0 Å². The van der Waals surface area contributed by atoms with Gasteiger partial charge in [-0.3, -0.25) is 4.79 Å². The van der Waals surface area contributed by atoms with Crippen molar-refractivity contribution in [3.63, 3.8) is 0 Å². The van der Waals surface area contributed by atoms with Gasteiger partial charge in [0.15, 0.2) is 11.5 Å². The van der Waals surface area contributed by atoms with Gasteiger partial charge < -0.3 is 19.9 Å². The van der Waals surface area contributed by atoms with E-state index in [4.69, 9.17) is 9.47 Å². The molecule has 5 nitrogen and oxygen atoms in total. The van der Waals surface area contributed by atoms with Gasteiger partial charge in [-0.15, -0.1) is 0 Å². The van der Waals surface area contributed by atoms with Crippen molar-refractivity contribution >= 4 is 5.91 Å². The van der Waals surface area contributed by atoms with Gasteiger partial charge in [-0.25, -0.2) is 0 Å². The fourth-order valence-electron chi connectivity index (χ4n) is 1.63. The molecule has 112 valence electrons. The van der Waals surface area contributed by atoms with Crippen LogP contribution in [0.2, 0.25) is 0 Å². The number of rotatable bonds is 5. The van der Waals surface area contributed by atoms with E-state index in [0.29, 0.717) is 17.1 Å². The molecular formula is C15H23NO4. The Morgan fingerprint density at radius 2 is 1.85 bits per heavy atom. The fourth-order valence-corrected chi connectivity index (χ4v) is 1.63. The summed E-state index contributed by atoms with van der Waals surface area (Å²) in [6.07, 6.45) is -0.791. The number of amides is 1. The molecule has 0 radical (unpaired) electrons. The van der Waals surface area contributed by atoms with E-state index < -0.39 is 11.5 Å². The Morgan fingerprint density at radius 3 is 2.35 bits per heavy atom. The number of hydrogen-bond acceptors (Lipinski definition) is 4. The Kier molecular flexibility index (Phi) is 5.39. The second-order valence-electron chi connectivity index (χ2n) is 5.59. The third-order valence-electron chi connectivity index (χ3n) is 2.93. The molecular weight excluding hydrogens is 258 g/mol. The molecule has 0 heterocycles. The molecule has 0 saturated carbocycles. The smallest absolute Gasteiger partial charge is 0.225 e.